The van der Waals surface area contributed by atoms with Crippen molar-refractivity contribution in [3.63, 3.8) is 0 Å². The molecule has 0 fully saturated rings. The lowest BCUT2D eigenvalue weighted by atomic mass is 10.2. The van der Waals surface area contributed by atoms with E-state index in [-0.39, 0.29) is 12.1 Å². The first-order valence-corrected chi connectivity index (χ1v) is 4.52. The highest BCUT2D eigenvalue weighted by molar-refractivity contribution is 6.30. The lowest BCUT2D eigenvalue weighted by Crippen LogP contribution is -2.10. The van der Waals surface area contributed by atoms with Crippen molar-refractivity contribution in [3.8, 4) is 0 Å². The summed E-state index contributed by atoms with van der Waals surface area (Å²) in [6.45, 7) is 0. The van der Waals surface area contributed by atoms with Crippen molar-refractivity contribution in [1.82, 2.24) is 4.98 Å². The molecule has 0 saturated heterocycles. The molecule has 0 amide bonds. The van der Waals surface area contributed by atoms with Crippen LogP contribution >= 0.6 is 11.6 Å². The number of ether oxygens (including phenoxy) is 1. The van der Waals surface area contributed by atoms with E-state index < -0.39 is 22.9 Å². The maximum Gasteiger partial charge on any atom is 0.419 e. The average Bonchev–Trinajstić information content (AvgIpc) is 2.15. The van der Waals surface area contributed by atoms with E-state index in [0.29, 0.717) is 0 Å². The van der Waals surface area contributed by atoms with Crippen molar-refractivity contribution in [1.29, 1.82) is 0 Å². The Balaban J connectivity index is 2.96. The lowest BCUT2D eigenvalue weighted by Gasteiger charge is -2.08. The van der Waals surface area contributed by atoms with E-state index >= 15 is 0 Å². The number of halogens is 4. The number of methoxy groups -OCH3 is 1. The predicted octanol–water partition coefficient (Wildman–Crippen LogP) is 2.47. The van der Waals surface area contributed by atoms with Crippen LogP contribution in [0.4, 0.5) is 13.2 Å². The molecule has 1 heterocycles. The van der Waals surface area contributed by atoms with Crippen LogP contribution in [0.5, 0.6) is 0 Å². The van der Waals surface area contributed by atoms with Gasteiger partial charge in [-0.1, -0.05) is 11.6 Å². The SMILES string of the molecule is COC(=O)Cc1ccc(C(F)(F)F)c(Cl)n1. The van der Waals surface area contributed by atoms with Gasteiger partial charge in [-0.05, 0) is 12.1 Å². The number of carbonyl (C=O) groups excluding carboxylic acids is 1. The zero-order valence-electron chi connectivity index (χ0n) is 8.14. The van der Waals surface area contributed by atoms with Gasteiger partial charge >= 0.3 is 12.1 Å². The van der Waals surface area contributed by atoms with Crippen molar-refractivity contribution >= 4 is 17.6 Å². The fourth-order valence-corrected chi connectivity index (χ4v) is 1.28. The Hall–Kier alpha value is -1.30. The Morgan fingerprint density at radius 3 is 2.56 bits per heavy atom. The Morgan fingerprint density at radius 1 is 1.50 bits per heavy atom. The van der Waals surface area contributed by atoms with Crippen molar-refractivity contribution in [3.05, 3.63) is 28.5 Å². The van der Waals surface area contributed by atoms with Crippen LogP contribution in [0.2, 0.25) is 5.15 Å². The molecule has 0 N–H and O–H groups in total. The van der Waals surface area contributed by atoms with Gasteiger partial charge in [0, 0.05) is 0 Å². The van der Waals surface area contributed by atoms with Crippen LogP contribution < -0.4 is 0 Å². The van der Waals surface area contributed by atoms with Crippen LogP contribution in [0.25, 0.3) is 0 Å². The maximum atomic E-state index is 12.3. The number of hydrogen-bond acceptors (Lipinski definition) is 3. The Labute approximate surface area is 94.2 Å². The lowest BCUT2D eigenvalue weighted by molar-refractivity contribution is -0.139. The molecular weight excluding hydrogens is 247 g/mol. The summed E-state index contributed by atoms with van der Waals surface area (Å²) < 4.78 is 41.2. The van der Waals surface area contributed by atoms with Gasteiger partial charge in [-0.15, -0.1) is 0 Å². The minimum Gasteiger partial charge on any atom is -0.469 e. The number of carbonyl (C=O) groups is 1. The third-order valence-electron chi connectivity index (χ3n) is 1.76. The van der Waals surface area contributed by atoms with Gasteiger partial charge in [-0.3, -0.25) is 4.79 Å². The molecule has 0 aliphatic carbocycles. The molecular formula is C9H7ClF3NO2. The van der Waals surface area contributed by atoms with Crippen molar-refractivity contribution in [2.45, 2.75) is 12.6 Å². The molecule has 0 aliphatic rings. The third kappa shape index (κ3) is 3.10. The minimum absolute atomic E-state index is 0.129. The van der Waals surface area contributed by atoms with Gasteiger partial charge in [0.1, 0.15) is 5.15 Å². The Bertz CT molecular complexity index is 406. The van der Waals surface area contributed by atoms with Crippen LogP contribution in [0.1, 0.15) is 11.3 Å². The molecule has 1 rings (SSSR count). The van der Waals surface area contributed by atoms with Crippen molar-refractivity contribution in [2.24, 2.45) is 0 Å². The molecule has 0 unspecified atom stereocenters. The molecule has 1 aromatic rings. The molecule has 16 heavy (non-hydrogen) atoms. The molecule has 0 aromatic carbocycles. The zero-order chi connectivity index (χ0) is 12.3. The molecule has 88 valence electrons. The first-order valence-electron chi connectivity index (χ1n) is 4.14. The first-order chi connectivity index (χ1) is 7.34. The highest BCUT2D eigenvalue weighted by atomic mass is 35.5. The highest BCUT2D eigenvalue weighted by Crippen LogP contribution is 2.33. The molecule has 7 heteroatoms. The van der Waals surface area contributed by atoms with Crippen LogP contribution in [0, 0.1) is 0 Å². The Morgan fingerprint density at radius 2 is 2.12 bits per heavy atom. The van der Waals surface area contributed by atoms with Gasteiger partial charge in [0.25, 0.3) is 0 Å². The molecule has 0 atom stereocenters. The van der Waals surface area contributed by atoms with E-state index in [1.165, 1.54) is 7.11 Å². The molecule has 0 radical (unpaired) electrons. The standard InChI is InChI=1S/C9H7ClF3NO2/c1-16-7(15)4-5-2-3-6(8(10)14-5)9(11,12)13/h2-3H,4H2,1H3. The summed E-state index contributed by atoms with van der Waals surface area (Å²) >= 11 is 5.36. The van der Waals surface area contributed by atoms with E-state index in [1.807, 2.05) is 0 Å². The Kier molecular flexibility index (Phi) is 3.74. The fraction of sp³-hybridized carbons (Fsp3) is 0.333. The number of esters is 1. The van der Waals surface area contributed by atoms with Crippen LogP contribution in [-0.4, -0.2) is 18.1 Å². The average molecular weight is 254 g/mol. The van der Waals surface area contributed by atoms with E-state index in [0.717, 1.165) is 12.1 Å². The third-order valence-corrected chi connectivity index (χ3v) is 2.05. The van der Waals surface area contributed by atoms with E-state index in [4.69, 9.17) is 11.6 Å². The topological polar surface area (TPSA) is 39.2 Å². The number of rotatable bonds is 2. The number of alkyl halides is 3. The highest BCUT2D eigenvalue weighted by Gasteiger charge is 2.33. The fourth-order valence-electron chi connectivity index (χ4n) is 1.00. The molecule has 0 bridgehead atoms. The van der Waals surface area contributed by atoms with Gasteiger partial charge < -0.3 is 4.74 Å². The minimum atomic E-state index is -4.55. The van der Waals surface area contributed by atoms with Gasteiger partial charge in [0.05, 0.1) is 24.8 Å². The molecule has 1 aromatic heterocycles. The summed E-state index contributed by atoms with van der Waals surface area (Å²) in [5, 5.41) is -0.672. The number of pyridine rings is 1. The summed E-state index contributed by atoms with van der Waals surface area (Å²) in [6, 6.07) is 1.87. The quantitative estimate of drug-likeness (QED) is 0.600. The van der Waals surface area contributed by atoms with Crippen LogP contribution in [0.3, 0.4) is 0 Å². The smallest absolute Gasteiger partial charge is 0.419 e. The molecule has 0 saturated carbocycles. The van der Waals surface area contributed by atoms with Gasteiger partial charge in [-0.25, -0.2) is 4.98 Å². The van der Waals surface area contributed by atoms with E-state index in [2.05, 4.69) is 9.72 Å². The summed E-state index contributed by atoms with van der Waals surface area (Å²) in [5.41, 5.74) is -0.896. The summed E-state index contributed by atoms with van der Waals surface area (Å²) in [5.74, 6) is -0.594. The largest absolute Gasteiger partial charge is 0.469 e. The summed E-state index contributed by atoms with van der Waals surface area (Å²) in [6.07, 6.45) is -4.76. The van der Waals surface area contributed by atoms with Crippen molar-refractivity contribution in [2.75, 3.05) is 7.11 Å². The monoisotopic (exact) mass is 253 g/mol. The molecule has 0 spiro atoms. The van der Waals surface area contributed by atoms with Gasteiger partial charge in [-0.2, -0.15) is 13.2 Å². The summed E-state index contributed by atoms with van der Waals surface area (Å²) in [4.78, 5) is 14.3. The second kappa shape index (κ2) is 4.69. The predicted molar refractivity (Wildman–Crippen MR) is 50.0 cm³/mol. The van der Waals surface area contributed by atoms with Gasteiger partial charge in [0.15, 0.2) is 0 Å². The normalized spacial score (nSPS) is 11.3. The summed E-state index contributed by atoms with van der Waals surface area (Å²) in [7, 11) is 1.17. The number of aromatic nitrogens is 1. The van der Waals surface area contributed by atoms with Crippen molar-refractivity contribution < 1.29 is 22.7 Å². The van der Waals surface area contributed by atoms with Gasteiger partial charge in [0.2, 0.25) is 0 Å². The zero-order valence-corrected chi connectivity index (χ0v) is 8.89. The van der Waals surface area contributed by atoms with Crippen LogP contribution in [0.15, 0.2) is 12.1 Å². The van der Waals surface area contributed by atoms with Crippen LogP contribution in [-0.2, 0) is 22.1 Å². The maximum absolute atomic E-state index is 12.3. The first kappa shape index (κ1) is 12.8. The molecule has 0 aliphatic heterocycles. The number of nitrogens with zero attached hydrogens (tertiary/aromatic N) is 1. The number of hydrogen-bond donors (Lipinski definition) is 0. The molecule has 3 nitrogen and oxygen atoms in total. The van der Waals surface area contributed by atoms with E-state index in [1.54, 1.807) is 0 Å². The van der Waals surface area contributed by atoms with E-state index in [9.17, 15) is 18.0 Å². The second-order valence-electron chi connectivity index (χ2n) is 2.89. The second-order valence-corrected chi connectivity index (χ2v) is 3.25.